The molecule has 0 radical (unpaired) electrons. The van der Waals surface area contributed by atoms with Crippen LogP contribution < -0.4 is 0 Å². The van der Waals surface area contributed by atoms with E-state index in [1.165, 1.54) is 66.3 Å². The Balaban J connectivity index is 0.000000407. The Hall–Kier alpha value is -4.36. The van der Waals surface area contributed by atoms with Crippen LogP contribution in [0.25, 0.3) is 43.4 Å². The third-order valence-electron chi connectivity index (χ3n) is 6.96. The summed E-state index contributed by atoms with van der Waals surface area (Å²) in [6, 6.07) is 43.4. The minimum atomic E-state index is -6.09. The topological polar surface area (TPSA) is 81.0 Å². The molecule has 0 aromatic heterocycles. The Kier molecular flexibility index (Phi) is 8.74. The summed E-state index contributed by atoms with van der Waals surface area (Å²) in [6.07, 6.45) is 0. The molecule has 0 saturated carbocycles. The Morgan fingerprint density at radius 3 is 1.91 bits per heavy atom. The van der Waals surface area contributed by atoms with Crippen LogP contribution in [0.3, 0.4) is 0 Å². The van der Waals surface area contributed by atoms with E-state index < -0.39 is 15.6 Å². The first-order valence-electron chi connectivity index (χ1n) is 13.1. The first-order valence-corrected chi connectivity index (χ1v) is 15.8. The van der Waals surface area contributed by atoms with E-state index in [1.807, 2.05) is 12.1 Å². The fourth-order valence-corrected chi connectivity index (χ4v) is 6.04. The number of alkyl halides is 3. The van der Waals surface area contributed by atoms with Crippen LogP contribution in [0.2, 0.25) is 0 Å². The van der Waals surface area contributed by atoms with Gasteiger partial charge < -0.3 is 4.55 Å². The molecule has 0 spiro atoms. The molecule has 0 aliphatic rings. The van der Waals surface area contributed by atoms with E-state index >= 15 is 0 Å². The number of nitrogens with zero attached hydrogens (tertiary/aromatic N) is 1. The molecule has 0 aliphatic heterocycles. The molecule has 6 aromatic carbocycles. The van der Waals surface area contributed by atoms with E-state index in [2.05, 4.69) is 109 Å². The van der Waals surface area contributed by atoms with Crippen molar-refractivity contribution in [1.82, 2.24) is 0 Å². The van der Waals surface area contributed by atoms with Crippen LogP contribution in [-0.2, 0) is 33.4 Å². The predicted molar refractivity (Wildman–Crippen MR) is 167 cm³/mol. The van der Waals surface area contributed by atoms with Gasteiger partial charge in [-0.3, -0.25) is 0 Å². The van der Waals surface area contributed by atoms with Gasteiger partial charge in [-0.05, 0) is 85.5 Å². The van der Waals surface area contributed by atoms with Crippen molar-refractivity contribution in [2.45, 2.75) is 17.0 Å². The second kappa shape index (κ2) is 12.5. The minimum absolute atomic E-state index is 0.714. The van der Waals surface area contributed by atoms with Crippen molar-refractivity contribution < 1.29 is 26.1 Å². The number of hydrogen-bond acceptors (Lipinski definition) is 4. The smallest absolute Gasteiger partial charge is 0.485 e. The third-order valence-corrected chi connectivity index (χ3v) is 8.68. The monoisotopic (exact) mass is 615 g/mol. The van der Waals surface area contributed by atoms with Crippen LogP contribution in [0.4, 0.5) is 13.2 Å². The maximum Gasteiger partial charge on any atom is 0.485 e. The number of halogens is 3. The number of nitriles is 1. The highest BCUT2D eigenvalue weighted by Crippen LogP contribution is 2.39. The van der Waals surface area contributed by atoms with Gasteiger partial charge in [0.25, 0.3) is 0 Å². The van der Waals surface area contributed by atoms with Gasteiger partial charge in [0.2, 0.25) is 0 Å². The van der Waals surface area contributed by atoms with Crippen molar-refractivity contribution in [2.24, 2.45) is 0 Å². The molecule has 0 amide bonds. The quantitative estimate of drug-likeness (QED) is 0.0643. The molecule has 43 heavy (non-hydrogen) atoms. The molecule has 0 N–H and O–H groups in total. The van der Waals surface area contributed by atoms with Gasteiger partial charge in [-0.2, -0.15) is 18.4 Å². The lowest BCUT2D eigenvalue weighted by Crippen LogP contribution is -2.21. The van der Waals surface area contributed by atoms with E-state index in [9.17, 15) is 13.2 Å². The molecular weight excluding hydrogens is 592 g/mol. The molecule has 216 valence electrons. The average molecular weight is 616 g/mol. The van der Waals surface area contributed by atoms with Gasteiger partial charge in [0.05, 0.1) is 11.6 Å². The number of rotatable bonds is 5. The molecule has 0 atom stereocenters. The van der Waals surface area contributed by atoms with Gasteiger partial charge in [-0.1, -0.05) is 84.9 Å². The number of hydrogen-bond donors (Lipinski definition) is 0. The molecule has 0 fully saturated rings. The minimum Gasteiger partial charge on any atom is -0.741 e. The molecule has 0 aliphatic carbocycles. The fourth-order valence-electron chi connectivity index (χ4n) is 4.94. The first-order chi connectivity index (χ1) is 20.5. The lowest BCUT2D eigenvalue weighted by Gasteiger charge is -2.15. The van der Waals surface area contributed by atoms with Crippen molar-refractivity contribution in [3.8, 4) is 17.2 Å². The van der Waals surface area contributed by atoms with Gasteiger partial charge >= 0.3 is 5.51 Å². The standard InChI is InChI=1S/C33H23NS.CHF3O3S/c34-20-23-13-15-24(16-14-23)21-35-22-28-10-4-6-12-31(28)33-30-11-5-3-9-27(30)18-29-17-25-7-1-2-8-26(25)19-32(29)33;2-1(3,4)8(5,6)7/h1-19H,21-22H2;(H,5,6,7). The van der Waals surface area contributed by atoms with Crippen LogP contribution in [0.1, 0.15) is 16.7 Å². The van der Waals surface area contributed by atoms with Crippen molar-refractivity contribution in [3.05, 3.63) is 132 Å². The third kappa shape index (κ3) is 6.83. The lowest BCUT2D eigenvalue weighted by molar-refractivity contribution is -0.0517. The van der Waals surface area contributed by atoms with Gasteiger partial charge in [0.15, 0.2) is 10.1 Å². The maximum atomic E-state index is 10.7. The largest absolute Gasteiger partial charge is 0.741 e. The second-order valence-electron chi connectivity index (χ2n) is 9.80. The predicted octanol–water partition coefficient (Wildman–Crippen LogP) is 8.25. The van der Waals surface area contributed by atoms with Crippen molar-refractivity contribution in [1.29, 1.82) is 5.26 Å². The summed E-state index contributed by atoms with van der Waals surface area (Å²) < 4.78 is 58.9. The number of benzene rings is 6. The molecule has 4 nitrogen and oxygen atoms in total. The summed E-state index contributed by atoms with van der Waals surface area (Å²) in [5, 5.41) is 16.7. The zero-order valence-electron chi connectivity index (χ0n) is 22.5. The molecule has 6 aromatic rings. The van der Waals surface area contributed by atoms with E-state index in [0.717, 1.165) is 11.5 Å². The van der Waals surface area contributed by atoms with Gasteiger partial charge in [0.1, 0.15) is 11.5 Å². The van der Waals surface area contributed by atoms with Crippen LogP contribution in [0.15, 0.2) is 115 Å². The Morgan fingerprint density at radius 2 is 1.26 bits per heavy atom. The highest BCUT2D eigenvalue weighted by Gasteiger charge is 2.36. The molecule has 6 rings (SSSR count). The molecule has 0 unspecified atom stereocenters. The Labute approximate surface area is 251 Å². The summed E-state index contributed by atoms with van der Waals surface area (Å²) >= 11 is 1.35. The van der Waals surface area contributed by atoms with Crippen molar-refractivity contribution in [2.75, 3.05) is 0 Å². The van der Waals surface area contributed by atoms with Crippen LogP contribution >= 0.6 is 0 Å². The number of thiol groups is 1. The zero-order valence-corrected chi connectivity index (χ0v) is 24.3. The molecule has 0 heterocycles. The summed E-state index contributed by atoms with van der Waals surface area (Å²) in [6.45, 7) is 0. The SMILES string of the molecule is N#Cc1ccc(C[SH+]Cc2ccccc2-c2c3ccccc3cc3cc4ccccc4cc23)cc1.O=S(=O)([O-])C(F)(F)F. The first kappa shape index (κ1) is 30.1. The Bertz CT molecular complexity index is 2080. The molecule has 9 heteroatoms. The summed E-state index contributed by atoms with van der Waals surface area (Å²) in [5.41, 5.74) is 0.349. The van der Waals surface area contributed by atoms with E-state index in [4.69, 9.17) is 18.2 Å². The maximum absolute atomic E-state index is 10.7. The molecule has 0 bridgehead atoms. The van der Waals surface area contributed by atoms with Crippen molar-refractivity contribution in [3.63, 3.8) is 0 Å². The van der Waals surface area contributed by atoms with Gasteiger partial charge in [-0.25, -0.2) is 8.42 Å². The summed E-state index contributed by atoms with van der Waals surface area (Å²) in [7, 11) is -6.09. The van der Waals surface area contributed by atoms with Crippen molar-refractivity contribution >= 4 is 54.2 Å². The second-order valence-corrected chi connectivity index (χ2v) is 12.2. The van der Waals surface area contributed by atoms with E-state index in [1.54, 1.807) is 0 Å². The highest BCUT2D eigenvalue weighted by molar-refractivity contribution is 7.86. The van der Waals surface area contributed by atoms with E-state index in [0.29, 0.717) is 5.56 Å². The molecule has 0 saturated heterocycles. The zero-order chi connectivity index (χ0) is 30.6. The highest BCUT2D eigenvalue weighted by atomic mass is 32.2. The van der Waals surface area contributed by atoms with Crippen LogP contribution in [-0.4, -0.2) is 18.5 Å². The van der Waals surface area contributed by atoms with Crippen LogP contribution in [0.5, 0.6) is 0 Å². The van der Waals surface area contributed by atoms with Crippen LogP contribution in [0, 0.1) is 11.3 Å². The summed E-state index contributed by atoms with van der Waals surface area (Å²) in [5.74, 6) is 1.95. The van der Waals surface area contributed by atoms with Gasteiger partial charge in [0, 0.05) is 11.1 Å². The van der Waals surface area contributed by atoms with E-state index in [-0.39, 0.29) is 0 Å². The summed E-state index contributed by atoms with van der Waals surface area (Å²) in [4.78, 5) is 0. The molecular formula is C34H24F3NO3S2. The lowest BCUT2D eigenvalue weighted by atomic mass is 9.89. The average Bonchev–Trinajstić information content (AvgIpc) is 2.99. The Morgan fingerprint density at radius 1 is 0.698 bits per heavy atom. The van der Waals surface area contributed by atoms with Gasteiger partial charge in [-0.15, -0.1) is 0 Å². The number of fused-ring (bicyclic) bond motifs is 3. The normalized spacial score (nSPS) is 11.7. The fraction of sp³-hybridized carbons (Fsp3) is 0.0882.